The number of hydrogen-bond acceptors (Lipinski definition) is 5. The molecule has 0 saturated carbocycles. The lowest BCUT2D eigenvalue weighted by Crippen LogP contribution is -2.16. The van der Waals surface area contributed by atoms with Gasteiger partial charge in [-0.25, -0.2) is 9.97 Å². The molecular formula is C21H33F3N4O. The molecule has 1 fully saturated rings. The molecule has 1 unspecified atom stereocenters. The van der Waals surface area contributed by atoms with Crippen molar-refractivity contribution in [1.29, 1.82) is 0 Å². The number of anilines is 1. The standard InChI is InChI=1S/C12H14F3NO.C5H7N3.2C2H6/c13-12(14,15)10-3-1-9(2-4-10)8-17-11-5-6-16-7-11;1-6-5-7-3-2-4-8-5;2*1-2/h1-4,11,16H,5-8H2;2-4H,1H3,(H,6,7,8);2*1-2H3. The van der Waals surface area contributed by atoms with Crippen molar-refractivity contribution in [2.75, 3.05) is 25.5 Å². The van der Waals surface area contributed by atoms with Gasteiger partial charge >= 0.3 is 6.18 Å². The summed E-state index contributed by atoms with van der Waals surface area (Å²) in [7, 11) is 1.79. The average Bonchev–Trinajstić information content (AvgIpc) is 3.30. The van der Waals surface area contributed by atoms with Crippen molar-refractivity contribution < 1.29 is 17.9 Å². The van der Waals surface area contributed by atoms with Crippen LogP contribution < -0.4 is 10.6 Å². The molecule has 0 bridgehead atoms. The van der Waals surface area contributed by atoms with E-state index in [1.165, 1.54) is 12.1 Å². The number of rotatable bonds is 4. The molecule has 1 aliphatic heterocycles. The van der Waals surface area contributed by atoms with Gasteiger partial charge in [-0.2, -0.15) is 13.2 Å². The Kier molecular flexibility index (Phi) is 14.5. The molecule has 1 atom stereocenters. The third-order valence-corrected chi connectivity index (χ3v) is 3.57. The molecule has 8 heteroatoms. The van der Waals surface area contributed by atoms with Gasteiger partial charge in [0.15, 0.2) is 0 Å². The Morgan fingerprint density at radius 2 is 1.66 bits per heavy atom. The van der Waals surface area contributed by atoms with E-state index in [1.807, 2.05) is 27.7 Å². The predicted octanol–water partition coefficient (Wildman–Crippen LogP) is 5.15. The molecule has 164 valence electrons. The summed E-state index contributed by atoms with van der Waals surface area (Å²) in [5, 5.41) is 5.97. The van der Waals surface area contributed by atoms with Gasteiger partial charge in [-0.1, -0.05) is 39.8 Å². The minimum Gasteiger partial charge on any atom is -0.372 e. The van der Waals surface area contributed by atoms with Gasteiger partial charge in [0, 0.05) is 26.0 Å². The van der Waals surface area contributed by atoms with Crippen molar-refractivity contribution in [2.24, 2.45) is 0 Å². The highest BCUT2D eigenvalue weighted by atomic mass is 19.4. The van der Waals surface area contributed by atoms with E-state index in [0.717, 1.165) is 37.2 Å². The van der Waals surface area contributed by atoms with Crippen LogP contribution in [0.15, 0.2) is 42.7 Å². The molecule has 5 nitrogen and oxygen atoms in total. The number of benzene rings is 1. The van der Waals surface area contributed by atoms with E-state index in [9.17, 15) is 13.2 Å². The predicted molar refractivity (Wildman–Crippen MR) is 112 cm³/mol. The molecule has 0 spiro atoms. The summed E-state index contributed by atoms with van der Waals surface area (Å²) in [5.74, 6) is 0.660. The third-order valence-electron chi connectivity index (χ3n) is 3.57. The van der Waals surface area contributed by atoms with Gasteiger partial charge in [0.05, 0.1) is 18.3 Å². The van der Waals surface area contributed by atoms with Crippen LogP contribution in [0.25, 0.3) is 0 Å². The number of halogens is 3. The monoisotopic (exact) mass is 414 g/mol. The van der Waals surface area contributed by atoms with Crippen LogP contribution in [0.5, 0.6) is 0 Å². The maximum Gasteiger partial charge on any atom is 0.416 e. The second-order valence-corrected chi connectivity index (χ2v) is 5.44. The van der Waals surface area contributed by atoms with E-state index in [1.54, 1.807) is 25.5 Å². The SMILES string of the molecule is CC.CC.CNc1ncccn1.FC(F)(F)c1ccc(COC2CCNC2)cc1. The average molecular weight is 415 g/mol. The summed E-state index contributed by atoms with van der Waals surface area (Å²) in [6, 6.07) is 6.88. The van der Waals surface area contributed by atoms with Crippen molar-refractivity contribution in [2.45, 2.75) is 53.0 Å². The lowest BCUT2D eigenvalue weighted by Gasteiger charge is -2.11. The van der Waals surface area contributed by atoms with Crippen LogP contribution in [0.2, 0.25) is 0 Å². The Morgan fingerprint density at radius 3 is 2.07 bits per heavy atom. The number of hydrogen-bond donors (Lipinski definition) is 2. The number of nitrogens with one attached hydrogen (secondary N) is 2. The van der Waals surface area contributed by atoms with Crippen molar-refractivity contribution in [3.63, 3.8) is 0 Å². The van der Waals surface area contributed by atoms with Crippen LogP contribution in [-0.4, -0.2) is 36.2 Å². The number of alkyl halides is 3. The highest BCUT2D eigenvalue weighted by molar-refractivity contribution is 5.24. The molecule has 2 aromatic rings. The highest BCUT2D eigenvalue weighted by Crippen LogP contribution is 2.29. The second kappa shape index (κ2) is 15.7. The van der Waals surface area contributed by atoms with Crippen molar-refractivity contribution in [3.05, 3.63) is 53.9 Å². The van der Waals surface area contributed by atoms with Crippen molar-refractivity contribution >= 4 is 5.95 Å². The zero-order valence-electron chi connectivity index (χ0n) is 17.9. The number of aromatic nitrogens is 2. The Bertz CT molecular complexity index is 616. The minimum atomic E-state index is -4.27. The van der Waals surface area contributed by atoms with Crippen molar-refractivity contribution in [1.82, 2.24) is 15.3 Å². The molecule has 3 rings (SSSR count). The van der Waals surface area contributed by atoms with Gasteiger partial charge < -0.3 is 15.4 Å². The first-order chi connectivity index (χ1) is 14.0. The zero-order chi connectivity index (χ0) is 22.1. The van der Waals surface area contributed by atoms with Crippen LogP contribution >= 0.6 is 0 Å². The van der Waals surface area contributed by atoms with Gasteiger partial charge in [-0.3, -0.25) is 0 Å². The zero-order valence-corrected chi connectivity index (χ0v) is 17.9. The molecule has 2 N–H and O–H groups in total. The molecule has 2 heterocycles. The van der Waals surface area contributed by atoms with E-state index in [2.05, 4.69) is 20.6 Å². The normalized spacial score (nSPS) is 15.0. The fourth-order valence-electron chi connectivity index (χ4n) is 2.20. The first-order valence-corrected chi connectivity index (χ1v) is 9.92. The topological polar surface area (TPSA) is 59.1 Å². The lowest BCUT2D eigenvalue weighted by atomic mass is 10.1. The largest absolute Gasteiger partial charge is 0.416 e. The quantitative estimate of drug-likeness (QED) is 0.724. The van der Waals surface area contributed by atoms with Gasteiger partial charge in [-0.15, -0.1) is 0 Å². The second-order valence-electron chi connectivity index (χ2n) is 5.44. The molecule has 1 aliphatic rings. The summed E-state index contributed by atoms with van der Waals surface area (Å²) in [4.78, 5) is 7.75. The summed E-state index contributed by atoms with van der Waals surface area (Å²) >= 11 is 0. The fourth-order valence-corrected chi connectivity index (χ4v) is 2.20. The molecule has 1 saturated heterocycles. The summed E-state index contributed by atoms with van der Waals surface area (Å²) < 4.78 is 42.5. The first-order valence-electron chi connectivity index (χ1n) is 9.92. The van der Waals surface area contributed by atoms with Crippen molar-refractivity contribution in [3.8, 4) is 0 Å². The Balaban J connectivity index is 0.000000547. The highest BCUT2D eigenvalue weighted by Gasteiger charge is 2.29. The van der Waals surface area contributed by atoms with Crippen LogP contribution in [0.4, 0.5) is 19.1 Å². The number of ether oxygens (including phenoxy) is 1. The molecule has 1 aromatic carbocycles. The van der Waals surface area contributed by atoms with Crippen LogP contribution in [0.1, 0.15) is 45.2 Å². The van der Waals surface area contributed by atoms with Crippen LogP contribution in [0.3, 0.4) is 0 Å². The molecule has 0 amide bonds. The first kappa shape index (κ1) is 26.8. The Labute approximate surface area is 172 Å². The van der Waals surface area contributed by atoms with E-state index in [4.69, 9.17) is 4.74 Å². The fraction of sp³-hybridized carbons (Fsp3) is 0.524. The maximum absolute atomic E-state index is 12.3. The van der Waals surface area contributed by atoms with E-state index in [0.29, 0.717) is 12.6 Å². The van der Waals surface area contributed by atoms with Gasteiger partial charge in [0.2, 0.25) is 5.95 Å². The van der Waals surface area contributed by atoms with E-state index < -0.39 is 11.7 Å². The molecule has 0 aliphatic carbocycles. The molecule has 29 heavy (non-hydrogen) atoms. The molecular weight excluding hydrogens is 381 g/mol. The lowest BCUT2D eigenvalue weighted by molar-refractivity contribution is -0.137. The van der Waals surface area contributed by atoms with Gasteiger partial charge in [-0.05, 0) is 36.7 Å². The van der Waals surface area contributed by atoms with Crippen LogP contribution in [-0.2, 0) is 17.5 Å². The van der Waals surface area contributed by atoms with Gasteiger partial charge in [0.1, 0.15) is 0 Å². The van der Waals surface area contributed by atoms with E-state index >= 15 is 0 Å². The molecule has 0 radical (unpaired) electrons. The molecule has 1 aromatic heterocycles. The van der Waals surface area contributed by atoms with Gasteiger partial charge in [0.25, 0.3) is 0 Å². The Morgan fingerprint density at radius 1 is 1.07 bits per heavy atom. The van der Waals surface area contributed by atoms with Crippen LogP contribution in [0, 0.1) is 0 Å². The maximum atomic E-state index is 12.3. The smallest absolute Gasteiger partial charge is 0.372 e. The minimum absolute atomic E-state index is 0.178. The summed E-state index contributed by atoms with van der Waals surface area (Å²) in [6.07, 6.45) is 0.254. The third kappa shape index (κ3) is 11.4. The summed E-state index contributed by atoms with van der Waals surface area (Å²) in [5.41, 5.74) is 0.147. The summed E-state index contributed by atoms with van der Waals surface area (Å²) in [6.45, 7) is 10.1. The van der Waals surface area contributed by atoms with E-state index in [-0.39, 0.29) is 6.10 Å². The Hall–Kier alpha value is -2.19. The number of nitrogens with zero attached hydrogens (tertiary/aromatic N) is 2.